The summed E-state index contributed by atoms with van der Waals surface area (Å²) in [5, 5.41) is 0.894. The number of hydrogen-bond donors (Lipinski definition) is 0. The van der Waals surface area contributed by atoms with Crippen molar-refractivity contribution in [3.05, 3.63) is 52.1 Å². The molecule has 0 saturated heterocycles. The third kappa shape index (κ3) is 5.01. The van der Waals surface area contributed by atoms with Gasteiger partial charge in [0.25, 0.3) is 5.91 Å². The summed E-state index contributed by atoms with van der Waals surface area (Å²) in [4.78, 5) is 20.0. The molecule has 0 radical (unpaired) electrons. The largest absolute Gasteiger partial charge is 0.482 e. The molecule has 1 aromatic heterocycles. The number of anilines is 1. The molecular weight excluding hydrogens is 349 g/mol. The van der Waals surface area contributed by atoms with Crippen molar-refractivity contribution in [2.45, 2.75) is 6.54 Å². The molecule has 2 rings (SSSR count). The highest BCUT2D eigenvalue weighted by molar-refractivity contribution is 6.35. The molecule has 0 aliphatic carbocycles. The van der Waals surface area contributed by atoms with Gasteiger partial charge in [-0.15, -0.1) is 0 Å². The number of aromatic nitrogens is 1. The summed E-state index contributed by atoms with van der Waals surface area (Å²) in [5.74, 6) is 1.14. The molecule has 1 amide bonds. The minimum absolute atomic E-state index is 0.0962. The molecule has 0 N–H and O–H groups in total. The Balaban J connectivity index is 1.89. The molecule has 0 spiro atoms. The van der Waals surface area contributed by atoms with E-state index in [9.17, 15) is 4.79 Å². The number of nitrogens with zero attached hydrogens (tertiary/aromatic N) is 3. The molecule has 0 aliphatic rings. The van der Waals surface area contributed by atoms with Gasteiger partial charge in [-0.25, -0.2) is 4.98 Å². The molecule has 0 fully saturated rings. The average Bonchev–Trinajstić information content (AvgIpc) is 2.54. The summed E-state index contributed by atoms with van der Waals surface area (Å²) >= 11 is 11.8. The number of benzene rings is 1. The van der Waals surface area contributed by atoms with Crippen molar-refractivity contribution in [1.29, 1.82) is 0 Å². The van der Waals surface area contributed by atoms with Gasteiger partial charge in [-0.2, -0.15) is 0 Å². The van der Waals surface area contributed by atoms with Gasteiger partial charge < -0.3 is 14.5 Å². The quantitative estimate of drug-likeness (QED) is 0.783. The number of carbonyl (C=O) groups is 1. The Labute approximate surface area is 151 Å². The molecule has 0 unspecified atom stereocenters. The fourth-order valence-electron chi connectivity index (χ4n) is 1.98. The second-order valence-corrected chi connectivity index (χ2v) is 6.38. The van der Waals surface area contributed by atoms with Gasteiger partial charge in [-0.3, -0.25) is 4.79 Å². The van der Waals surface area contributed by atoms with Crippen LogP contribution < -0.4 is 9.64 Å². The van der Waals surface area contributed by atoms with Gasteiger partial charge >= 0.3 is 0 Å². The third-order valence-corrected chi connectivity index (χ3v) is 3.89. The van der Waals surface area contributed by atoms with E-state index in [0.717, 1.165) is 11.4 Å². The molecule has 1 heterocycles. The number of likely N-dealkylation sites (N-methyl/N-ethyl adjacent to an activating group) is 1. The number of carbonyl (C=O) groups excluding carboxylic acids is 1. The maximum atomic E-state index is 12.2. The molecule has 2 aromatic rings. The minimum Gasteiger partial charge on any atom is -0.482 e. The lowest BCUT2D eigenvalue weighted by atomic mass is 10.2. The van der Waals surface area contributed by atoms with Crippen LogP contribution in [0.5, 0.6) is 5.75 Å². The minimum atomic E-state index is -0.155. The first kappa shape index (κ1) is 18.4. The molecule has 0 bridgehead atoms. The summed E-state index contributed by atoms with van der Waals surface area (Å²) in [6.07, 6.45) is 1.76. The van der Waals surface area contributed by atoms with E-state index in [1.54, 1.807) is 36.3 Å². The maximum absolute atomic E-state index is 12.2. The summed E-state index contributed by atoms with van der Waals surface area (Å²) < 4.78 is 5.46. The predicted octanol–water partition coefficient (Wildman–Crippen LogP) is 3.49. The Bertz CT molecular complexity index is 705. The van der Waals surface area contributed by atoms with Crippen LogP contribution >= 0.6 is 23.2 Å². The van der Waals surface area contributed by atoms with E-state index < -0.39 is 0 Å². The third-order valence-electron chi connectivity index (χ3n) is 3.36. The van der Waals surface area contributed by atoms with Crippen LogP contribution in [0.25, 0.3) is 0 Å². The van der Waals surface area contributed by atoms with Gasteiger partial charge in [0.2, 0.25) is 0 Å². The van der Waals surface area contributed by atoms with Crippen molar-refractivity contribution in [2.75, 3.05) is 32.6 Å². The Hall–Kier alpha value is -1.98. The zero-order valence-corrected chi connectivity index (χ0v) is 15.3. The summed E-state index contributed by atoms with van der Waals surface area (Å²) in [5.41, 5.74) is 0.945. The highest BCUT2D eigenvalue weighted by Crippen LogP contribution is 2.27. The van der Waals surface area contributed by atoms with Gasteiger partial charge in [0.15, 0.2) is 6.61 Å². The van der Waals surface area contributed by atoms with E-state index in [2.05, 4.69) is 4.98 Å². The summed E-state index contributed by atoms with van der Waals surface area (Å²) in [7, 11) is 5.57. The lowest BCUT2D eigenvalue weighted by molar-refractivity contribution is -0.132. The van der Waals surface area contributed by atoms with Crippen LogP contribution in [0.2, 0.25) is 10.0 Å². The second kappa shape index (κ2) is 8.22. The molecule has 7 heteroatoms. The average molecular weight is 368 g/mol. The monoisotopic (exact) mass is 367 g/mol. The first-order valence-electron chi connectivity index (χ1n) is 7.31. The number of pyridine rings is 1. The maximum Gasteiger partial charge on any atom is 0.260 e. The molecule has 128 valence electrons. The number of hydrogen-bond acceptors (Lipinski definition) is 4. The van der Waals surface area contributed by atoms with Crippen LogP contribution in [0.3, 0.4) is 0 Å². The number of amides is 1. The SMILES string of the molecule is CN(Cc1ccc(N(C)C)nc1)C(=O)COc1ccc(Cl)cc1Cl. The molecular formula is C17H19Cl2N3O2. The zero-order valence-electron chi connectivity index (χ0n) is 13.8. The van der Waals surface area contributed by atoms with Gasteiger partial charge in [0.05, 0.1) is 5.02 Å². The van der Waals surface area contributed by atoms with Crippen LogP contribution in [-0.4, -0.2) is 43.5 Å². The summed E-state index contributed by atoms with van der Waals surface area (Å²) in [6.45, 7) is 0.359. The van der Waals surface area contributed by atoms with Crippen molar-refractivity contribution in [2.24, 2.45) is 0 Å². The van der Waals surface area contributed by atoms with E-state index in [0.29, 0.717) is 22.3 Å². The van der Waals surface area contributed by atoms with Crippen LogP contribution in [0.4, 0.5) is 5.82 Å². The van der Waals surface area contributed by atoms with Gasteiger partial charge in [-0.1, -0.05) is 29.3 Å². The van der Waals surface area contributed by atoms with Crippen LogP contribution in [0.15, 0.2) is 36.5 Å². The topological polar surface area (TPSA) is 45.7 Å². The zero-order chi connectivity index (χ0) is 17.7. The van der Waals surface area contributed by atoms with Crippen molar-refractivity contribution >= 4 is 34.9 Å². The van der Waals surface area contributed by atoms with E-state index in [4.69, 9.17) is 27.9 Å². The van der Waals surface area contributed by atoms with Gasteiger partial charge in [0.1, 0.15) is 11.6 Å². The summed E-state index contributed by atoms with van der Waals surface area (Å²) in [6, 6.07) is 8.74. The number of halogens is 2. The fourth-order valence-corrected chi connectivity index (χ4v) is 2.44. The molecule has 0 atom stereocenters. The highest BCUT2D eigenvalue weighted by Gasteiger charge is 2.12. The van der Waals surface area contributed by atoms with Crippen molar-refractivity contribution in [1.82, 2.24) is 9.88 Å². The molecule has 1 aromatic carbocycles. The smallest absolute Gasteiger partial charge is 0.260 e. The predicted molar refractivity (Wildman–Crippen MR) is 97.0 cm³/mol. The van der Waals surface area contributed by atoms with Crippen LogP contribution in [0.1, 0.15) is 5.56 Å². The van der Waals surface area contributed by atoms with Crippen LogP contribution in [0, 0.1) is 0 Å². The molecule has 24 heavy (non-hydrogen) atoms. The number of ether oxygens (including phenoxy) is 1. The normalized spacial score (nSPS) is 10.4. The highest BCUT2D eigenvalue weighted by atomic mass is 35.5. The van der Waals surface area contributed by atoms with E-state index >= 15 is 0 Å². The Morgan fingerprint density at radius 1 is 1.17 bits per heavy atom. The Morgan fingerprint density at radius 2 is 1.92 bits per heavy atom. The lowest BCUT2D eigenvalue weighted by Gasteiger charge is -2.18. The standard InChI is InChI=1S/C17H19Cl2N3O2/c1-21(2)16-7-4-12(9-20-16)10-22(3)17(23)11-24-15-6-5-13(18)8-14(15)19/h4-9H,10-11H2,1-3H3. The van der Waals surface area contributed by atoms with E-state index in [1.807, 2.05) is 31.1 Å². The van der Waals surface area contributed by atoms with Gasteiger partial charge in [-0.05, 0) is 29.8 Å². The van der Waals surface area contributed by atoms with Crippen molar-refractivity contribution < 1.29 is 9.53 Å². The first-order chi connectivity index (χ1) is 11.4. The molecule has 0 aliphatic heterocycles. The Kier molecular flexibility index (Phi) is 6.29. The Morgan fingerprint density at radius 3 is 2.50 bits per heavy atom. The molecule has 0 saturated carbocycles. The fraction of sp³-hybridized carbons (Fsp3) is 0.294. The van der Waals surface area contributed by atoms with E-state index in [-0.39, 0.29) is 12.5 Å². The first-order valence-corrected chi connectivity index (χ1v) is 8.06. The number of rotatable bonds is 6. The van der Waals surface area contributed by atoms with Crippen LogP contribution in [-0.2, 0) is 11.3 Å². The second-order valence-electron chi connectivity index (χ2n) is 5.53. The lowest BCUT2D eigenvalue weighted by Crippen LogP contribution is -2.31. The van der Waals surface area contributed by atoms with Gasteiger partial charge in [0, 0.05) is 38.9 Å². The van der Waals surface area contributed by atoms with Crippen molar-refractivity contribution in [3.8, 4) is 5.75 Å². The molecule has 5 nitrogen and oxygen atoms in total. The van der Waals surface area contributed by atoms with Crippen molar-refractivity contribution in [3.63, 3.8) is 0 Å². The van der Waals surface area contributed by atoms with E-state index in [1.165, 1.54) is 0 Å².